The molecule has 0 bridgehead atoms. The largest absolute Gasteiger partial charge is 0.484 e. The molecule has 1 aromatic carbocycles. The van der Waals surface area contributed by atoms with Crippen molar-refractivity contribution in [1.82, 2.24) is 10.1 Å². The molecule has 0 radical (unpaired) electrons. The molecule has 19 heavy (non-hydrogen) atoms. The molecule has 0 saturated heterocycles. The van der Waals surface area contributed by atoms with Crippen LogP contribution in [0.1, 0.15) is 37.0 Å². The number of benzene rings is 1. The zero-order valence-electron chi connectivity index (χ0n) is 11.3. The number of hydrogen-bond donors (Lipinski definition) is 1. The van der Waals surface area contributed by atoms with Crippen LogP contribution in [0.2, 0.25) is 0 Å². The summed E-state index contributed by atoms with van der Waals surface area (Å²) >= 11 is 0. The SMILES string of the molecule is CC(C)c1noc(COc2ccc(CCN)cc2)n1. The first-order valence-corrected chi connectivity index (χ1v) is 6.43. The summed E-state index contributed by atoms with van der Waals surface area (Å²) in [4.78, 5) is 4.25. The minimum Gasteiger partial charge on any atom is -0.484 e. The quantitative estimate of drug-likeness (QED) is 0.863. The zero-order valence-corrected chi connectivity index (χ0v) is 11.3. The summed E-state index contributed by atoms with van der Waals surface area (Å²) in [6, 6.07) is 7.86. The molecule has 5 nitrogen and oxygen atoms in total. The number of nitrogens with two attached hydrogens (primary N) is 1. The standard InChI is InChI=1S/C14H19N3O2/c1-10(2)14-16-13(19-17-14)9-18-12-5-3-11(4-6-12)7-8-15/h3-6,10H,7-9,15H2,1-2H3. The van der Waals surface area contributed by atoms with E-state index < -0.39 is 0 Å². The predicted molar refractivity (Wildman–Crippen MR) is 71.9 cm³/mol. The van der Waals surface area contributed by atoms with Gasteiger partial charge in [0, 0.05) is 5.92 Å². The molecule has 0 unspecified atom stereocenters. The Morgan fingerprint density at radius 3 is 2.58 bits per heavy atom. The Labute approximate surface area is 112 Å². The lowest BCUT2D eigenvalue weighted by Gasteiger charge is -2.04. The Bertz CT molecular complexity index is 506. The van der Waals surface area contributed by atoms with Crippen molar-refractivity contribution in [3.63, 3.8) is 0 Å². The van der Waals surface area contributed by atoms with Crippen molar-refractivity contribution in [3.05, 3.63) is 41.5 Å². The topological polar surface area (TPSA) is 74.2 Å². The van der Waals surface area contributed by atoms with Crippen LogP contribution < -0.4 is 10.5 Å². The average molecular weight is 261 g/mol. The number of ether oxygens (including phenoxy) is 1. The lowest BCUT2D eigenvalue weighted by molar-refractivity contribution is 0.242. The van der Waals surface area contributed by atoms with Crippen molar-refractivity contribution in [1.29, 1.82) is 0 Å². The van der Waals surface area contributed by atoms with Crippen LogP contribution in [-0.2, 0) is 13.0 Å². The number of aromatic nitrogens is 2. The summed E-state index contributed by atoms with van der Waals surface area (Å²) in [5, 5.41) is 3.89. The second-order valence-electron chi connectivity index (χ2n) is 4.67. The van der Waals surface area contributed by atoms with Gasteiger partial charge >= 0.3 is 0 Å². The fraction of sp³-hybridized carbons (Fsp3) is 0.429. The number of nitrogens with zero attached hydrogens (tertiary/aromatic N) is 2. The first kappa shape index (κ1) is 13.5. The van der Waals surface area contributed by atoms with Crippen molar-refractivity contribution < 1.29 is 9.26 Å². The molecular weight excluding hydrogens is 242 g/mol. The summed E-state index contributed by atoms with van der Waals surface area (Å²) in [5.74, 6) is 2.24. The van der Waals surface area contributed by atoms with Gasteiger partial charge in [0.25, 0.3) is 5.89 Å². The molecule has 2 aromatic rings. The van der Waals surface area contributed by atoms with Crippen molar-refractivity contribution in [3.8, 4) is 5.75 Å². The van der Waals surface area contributed by atoms with Gasteiger partial charge in [-0.15, -0.1) is 0 Å². The Balaban J connectivity index is 1.90. The van der Waals surface area contributed by atoms with Crippen LogP contribution in [0.4, 0.5) is 0 Å². The van der Waals surface area contributed by atoms with Crippen LogP contribution in [0.25, 0.3) is 0 Å². The Kier molecular flexibility index (Phi) is 4.52. The molecule has 2 rings (SSSR count). The maximum absolute atomic E-state index is 5.59. The van der Waals surface area contributed by atoms with E-state index in [1.54, 1.807) is 0 Å². The summed E-state index contributed by atoms with van der Waals surface area (Å²) in [6.45, 7) is 4.98. The zero-order chi connectivity index (χ0) is 13.7. The third kappa shape index (κ3) is 3.79. The summed E-state index contributed by atoms with van der Waals surface area (Å²) < 4.78 is 10.7. The lowest BCUT2D eigenvalue weighted by Crippen LogP contribution is -2.02. The van der Waals surface area contributed by atoms with E-state index in [0.29, 0.717) is 18.3 Å². The highest BCUT2D eigenvalue weighted by Crippen LogP contribution is 2.15. The maximum Gasteiger partial charge on any atom is 0.264 e. The second kappa shape index (κ2) is 6.33. The number of rotatable bonds is 6. The van der Waals surface area contributed by atoms with Gasteiger partial charge in [-0.25, -0.2) is 0 Å². The van der Waals surface area contributed by atoms with Gasteiger partial charge in [0.15, 0.2) is 12.4 Å². The van der Waals surface area contributed by atoms with Crippen molar-refractivity contribution in [2.45, 2.75) is 32.8 Å². The minimum atomic E-state index is 0.257. The van der Waals surface area contributed by atoms with E-state index >= 15 is 0 Å². The average Bonchev–Trinajstić information content (AvgIpc) is 2.87. The van der Waals surface area contributed by atoms with E-state index in [4.69, 9.17) is 15.0 Å². The van der Waals surface area contributed by atoms with Crippen molar-refractivity contribution in [2.75, 3.05) is 6.54 Å². The van der Waals surface area contributed by atoms with Gasteiger partial charge in [0.2, 0.25) is 0 Å². The molecule has 5 heteroatoms. The lowest BCUT2D eigenvalue weighted by atomic mass is 10.1. The highest BCUT2D eigenvalue weighted by atomic mass is 16.5. The molecule has 0 amide bonds. The monoisotopic (exact) mass is 261 g/mol. The van der Waals surface area contributed by atoms with Crippen LogP contribution in [0.15, 0.2) is 28.8 Å². The van der Waals surface area contributed by atoms with Crippen LogP contribution in [0, 0.1) is 0 Å². The Morgan fingerprint density at radius 2 is 2.00 bits per heavy atom. The van der Waals surface area contributed by atoms with E-state index in [2.05, 4.69) is 10.1 Å². The first-order chi connectivity index (χ1) is 9.19. The molecule has 0 saturated carbocycles. The summed E-state index contributed by atoms with van der Waals surface area (Å²) in [7, 11) is 0. The highest BCUT2D eigenvalue weighted by Gasteiger charge is 2.09. The molecule has 0 fully saturated rings. The van der Waals surface area contributed by atoms with E-state index in [1.807, 2.05) is 38.1 Å². The van der Waals surface area contributed by atoms with Gasteiger partial charge in [0.05, 0.1) is 0 Å². The van der Waals surface area contributed by atoms with Gasteiger partial charge in [-0.05, 0) is 30.7 Å². The second-order valence-corrected chi connectivity index (χ2v) is 4.67. The molecule has 102 valence electrons. The van der Waals surface area contributed by atoms with Gasteiger partial charge in [-0.1, -0.05) is 31.1 Å². The molecule has 1 aromatic heterocycles. The summed E-state index contributed by atoms with van der Waals surface area (Å²) in [5.41, 5.74) is 6.70. The van der Waals surface area contributed by atoms with Crippen LogP contribution in [0.3, 0.4) is 0 Å². The molecule has 1 heterocycles. The highest BCUT2D eigenvalue weighted by molar-refractivity contribution is 5.27. The van der Waals surface area contributed by atoms with E-state index in [9.17, 15) is 0 Å². The first-order valence-electron chi connectivity index (χ1n) is 6.43. The third-order valence-electron chi connectivity index (χ3n) is 2.72. The number of hydrogen-bond acceptors (Lipinski definition) is 5. The van der Waals surface area contributed by atoms with Crippen LogP contribution in [0.5, 0.6) is 5.75 Å². The van der Waals surface area contributed by atoms with Crippen LogP contribution >= 0.6 is 0 Å². The molecule has 0 aliphatic carbocycles. The van der Waals surface area contributed by atoms with E-state index in [0.717, 1.165) is 12.2 Å². The van der Waals surface area contributed by atoms with Crippen LogP contribution in [-0.4, -0.2) is 16.7 Å². The maximum atomic E-state index is 5.59. The van der Waals surface area contributed by atoms with Gasteiger partial charge in [-0.3, -0.25) is 0 Å². The summed E-state index contributed by atoms with van der Waals surface area (Å²) in [6.07, 6.45) is 0.877. The molecule has 0 aliphatic heterocycles. The van der Waals surface area contributed by atoms with Gasteiger partial charge in [0.1, 0.15) is 5.75 Å². The normalized spacial score (nSPS) is 10.9. The van der Waals surface area contributed by atoms with E-state index in [1.165, 1.54) is 5.56 Å². The molecule has 0 atom stereocenters. The fourth-order valence-electron chi connectivity index (χ4n) is 1.63. The molecule has 2 N–H and O–H groups in total. The van der Waals surface area contributed by atoms with Gasteiger partial charge in [-0.2, -0.15) is 4.98 Å². The Hall–Kier alpha value is -1.88. The Morgan fingerprint density at radius 1 is 1.26 bits per heavy atom. The van der Waals surface area contributed by atoms with Gasteiger partial charge < -0.3 is 15.0 Å². The molecule has 0 spiro atoms. The van der Waals surface area contributed by atoms with E-state index in [-0.39, 0.29) is 12.5 Å². The fourth-order valence-corrected chi connectivity index (χ4v) is 1.63. The predicted octanol–water partition coefficient (Wildman–Crippen LogP) is 2.27. The minimum absolute atomic E-state index is 0.257. The third-order valence-corrected chi connectivity index (χ3v) is 2.72. The molecular formula is C14H19N3O2. The smallest absolute Gasteiger partial charge is 0.264 e. The van der Waals surface area contributed by atoms with Crippen molar-refractivity contribution in [2.24, 2.45) is 5.73 Å². The molecule has 0 aliphatic rings. The van der Waals surface area contributed by atoms with Crippen molar-refractivity contribution >= 4 is 0 Å².